The molecule has 1 heterocycles. The molecule has 0 aromatic heterocycles. The first kappa shape index (κ1) is 20.1. The molecule has 0 fully saturated rings. The fraction of sp³-hybridized carbons (Fsp3) is 0.500. The Labute approximate surface area is 169 Å². The van der Waals surface area contributed by atoms with Crippen LogP contribution in [0.2, 0.25) is 0 Å². The molecule has 1 aliphatic heterocycles. The van der Waals surface area contributed by atoms with Gasteiger partial charge in [0.1, 0.15) is 0 Å². The van der Waals surface area contributed by atoms with Crippen LogP contribution in [0, 0.1) is 0 Å². The van der Waals surface area contributed by atoms with E-state index in [1.54, 1.807) is 0 Å². The number of hydrogen-bond acceptors (Lipinski definition) is 6. The van der Waals surface area contributed by atoms with Crippen LogP contribution in [0.1, 0.15) is 34.6 Å². The van der Waals surface area contributed by atoms with E-state index < -0.39 is 0 Å². The first-order valence-corrected chi connectivity index (χ1v) is 10.6. The largest absolute Gasteiger partial charge is 0.384 e. The molecule has 0 amide bonds. The molecule has 0 radical (unpaired) electrons. The summed E-state index contributed by atoms with van der Waals surface area (Å²) in [5.41, 5.74) is 7.98. The summed E-state index contributed by atoms with van der Waals surface area (Å²) in [5.74, 6) is 0. The van der Waals surface area contributed by atoms with Gasteiger partial charge in [-0.2, -0.15) is 0 Å². The van der Waals surface area contributed by atoms with Gasteiger partial charge in [0.2, 0.25) is 0 Å². The van der Waals surface area contributed by atoms with Gasteiger partial charge in [-0.3, -0.25) is 4.99 Å². The molecule has 6 heteroatoms. The summed E-state index contributed by atoms with van der Waals surface area (Å²) in [6, 6.07) is 4.67. The van der Waals surface area contributed by atoms with Crippen molar-refractivity contribution in [3.8, 4) is 0 Å². The first-order valence-electron chi connectivity index (χ1n) is 10.6. The fourth-order valence-corrected chi connectivity index (χ4v) is 3.92. The molecule has 152 valence electrons. The average molecular weight is 383 g/mol. The van der Waals surface area contributed by atoms with E-state index in [2.05, 4.69) is 85.1 Å². The summed E-state index contributed by atoms with van der Waals surface area (Å²) in [6.45, 7) is 15.1. The maximum absolute atomic E-state index is 4.70. The van der Waals surface area contributed by atoms with Gasteiger partial charge in [0.25, 0.3) is 0 Å². The Morgan fingerprint density at radius 1 is 0.964 bits per heavy atom. The second-order valence-electron chi connectivity index (χ2n) is 6.90. The fourth-order valence-electron chi connectivity index (χ4n) is 3.92. The minimum atomic E-state index is 0.182. The second-order valence-corrected chi connectivity index (χ2v) is 6.90. The third-order valence-corrected chi connectivity index (χ3v) is 5.04. The lowest BCUT2D eigenvalue weighted by Crippen LogP contribution is -2.44. The molecular formula is C22H34N6. The number of likely N-dealkylation sites (N-methyl/N-ethyl adjacent to an activating group) is 1. The molecule has 28 heavy (non-hydrogen) atoms. The molecule has 0 saturated heterocycles. The van der Waals surface area contributed by atoms with E-state index in [0.717, 1.165) is 61.2 Å². The number of nitrogens with zero attached hydrogens (tertiary/aromatic N) is 2. The number of hydrogen-bond donors (Lipinski definition) is 4. The number of allylic oxidation sites excluding steroid dienone is 1. The standard InChI is InChI=1S/C22H34N6/c1-6-23-15-11-19-21(13-17(15)25-8-3)28(10-5)22-14-18(26-9-4)16(24-7-2)12-20(22)27-19/h11-14,21,24-27H,6-10H2,1-5H3. The Balaban J connectivity index is 2.08. The Morgan fingerprint density at radius 3 is 2.25 bits per heavy atom. The van der Waals surface area contributed by atoms with Crippen LogP contribution in [0.4, 0.5) is 22.7 Å². The highest BCUT2D eigenvalue weighted by molar-refractivity contribution is 6.10. The van der Waals surface area contributed by atoms with Gasteiger partial charge in [-0.15, -0.1) is 0 Å². The smallest absolute Gasteiger partial charge is 0.0900 e. The van der Waals surface area contributed by atoms with Crippen molar-refractivity contribution in [2.75, 3.05) is 53.6 Å². The second kappa shape index (κ2) is 9.04. The monoisotopic (exact) mass is 382 g/mol. The quantitative estimate of drug-likeness (QED) is 0.547. The minimum absolute atomic E-state index is 0.182. The molecule has 0 bridgehead atoms. The van der Waals surface area contributed by atoms with Gasteiger partial charge in [0.05, 0.1) is 40.2 Å². The Hall–Kier alpha value is -2.63. The summed E-state index contributed by atoms with van der Waals surface area (Å²) in [6.07, 6.45) is 4.50. The SMILES string of the molecule is CCN=C1C=C2Nc3cc(NCC)c(NCC)cc3N(CC)C2C=C1NCC. The summed E-state index contributed by atoms with van der Waals surface area (Å²) >= 11 is 0. The lowest BCUT2D eigenvalue weighted by Gasteiger charge is -2.41. The third-order valence-electron chi connectivity index (χ3n) is 5.04. The van der Waals surface area contributed by atoms with Gasteiger partial charge in [0, 0.05) is 38.4 Å². The van der Waals surface area contributed by atoms with Crippen molar-refractivity contribution in [3.05, 3.63) is 35.7 Å². The predicted molar refractivity (Wildman–Crippen MR) is 123 cm³/mol. The van der Waals surface area contributed by atoms with Gasteiger partial charge in [-0.1, -0.05) is 0 Å². The molecule has 0 spiro atoms. The Bertz CT molecular complexity index is 792. The average Bonchev–Trinajstić information content (AvgIpc) is 2.68. The van der Waals surface area contributed by atoms with E-state index >= 15 is 0 Å². The van der Waals surface area contributed by atoms with Crippen molar-refractivity contribution in [3.63, 3.8) is 0 Å². The Morgan fingerprint density at radius 2 is 1.64 bits per heavy atom. The normalized spacial score (nSPS) is 19.2. The van der Waals surface area contributed by atoms with Gasteiger partial charge >= 0.3 is 0 Å². The minimum Gasteiger partial charge on any atom is -0.384 e. The van der Waals surface area contributed by atoms with Gasteiger partial charge in [0.15, 0.2) is 0 Å². The Kier molecular flexibility index (Phi) is 6.49. The van der Waals surface area contributed by atoms with Gasteiger partial charge in [-0.05, 0) is 58.9 Å². The lowest BCUT2D eigenvalue weighted by atomic mass is 9.96. The molecule has 4 N–H and O–H groups in total. The van der Waals surface area contributed by atoms with Gasteiger partial charge in [-0.25, -0.2) is 0 Å². The summed E-state index contributed by atoms with van der Waals surface area (Å²) < 4.78 is 0. The highest BCUT2D eigenvalue weighted by Crippen LogP contribution is 2.42. The van der Waals surface area contributed by atoms with Crippen molar-refractivity contribution in [2.24, 2.45) is 4.99 Å². The number of nitrogens with one attached hydrogen (secondary N) is 4. The van der Waals surface area contributed by atoms with Crippen LogP contribution in [0.3, 0.4) is 0 Å². The van der Waals surface area contributed by atoms with E-state index in [1.807, 2.05) is 0 Å². The molecule has 0 saturated carbocycles. The van der Waals surface area contributed by atoms with E-state index in [-0.39, 0.29) is 6.04 Å². The molecule has 1 atom stereocenters. The van der Waals surface area contributed by atoms with Crippen LogP contribution in [0.25, 0.3) is 0 Å². The molecule has 6 nitrogen and oxygen atoms in total. The van der Waals surface area contributed by atoms with Crippen molar-refractivity contribution in [2.45, 2.75) is 40.7 Å². The van der Waals surface area contributed by atoms with Crippen molar-refractivity contribution in [1.29, 1.82) is 0 Å². The maximum Gasteiger partial charge on any atom is 0.0900 e. The molecule has 1 aliphatic carbocycles. The van der Waals surface area contributed by atoms with Crippen LogP contribution in [0.15, 0.2) is 40.7 Å². The zero-order chi connectivity index (χ0) is 20.1. The zero-order valence-corrected chi connectivity index (χ0v) is 17.8. The van der Waals surface area contributed by atoms with E-state index in [1.165, 1.54) is 11.4 Å². The highest BCUT2D eigenvalue weighted by atomic mass is 15.2. The number of anilines is 4. The van der Waals surface area contributed by atoms with Crippen LogP contribution in [-0.2, 0) is 0 Å². The molecule has 1 aromatic carbocycles. The molecule has 3 rings (SSSR count). The first-order chi connectivity index (χ1) is 13.7. The number of fused-ring (bicyclic) bond motifs is 2. The third kappa shape index (κ3) is 3.81. The lowest BCUT2D eigenvalue weighted by molar-refractivity contribution is 0.748. The zero-order valence-electron chi connectivity index (χ0n) is 17.8. The summed E-state index contributed by atoms with van der Waals surface area (Å²) in [4.78, 5) is 7.15. The van der Waals surface area contributed by atoms with Crippen molar-refractivity contribution < 1.29 is 0 Å². The van der Waals surface area contributed by atoms with E-state index in [9.17, 15) is 0 Å². The van der Waals surface area contributed by atoms with E-state index in [0.29, 0.717) is 0 Å². The van der Waals surface area contributed by atoms with Crippen molar-refractivity contribution in [1.82, 2.24) is 5.32 Å². The number of rotatable bonds is 8. The predicted octanol–water partition coefficient (Wildman–Crippen LogP) is 4.02. The van der Waals surface area contributed by atoms with Crippen LogP contribution in [0.5, 0.6) is 0 Å². The van der Waals surface area contributed by atoms with Crippen LogP contribution < -0.4 is 26.2 Å². The number of benzene rings is 1. The topological polar surface area (TPSA) is 63.7 Å². The van der Waals surface area contributed by atoms with Crippen molar-refractivity contribution >= 4 is 28.5 Å². The maximum atomic E-state index is 4.70. The summed E-state index contributed by atoms with van der Waals surface area (Å²) in [7, 11) is 0. The molecular weight excluding hydrogens is 348 g/mol. The van der Waals surface area contributed by atoms with Gasteiger partial charge < -0.3 is 26.2 Å². The molecule has 1 unspecified atom stereocenters. The highest BCUT2D eigenvalue weighted by Gasteiger charge is 2.32. The molecule has 1 aromatic rings. The van der Waals surface area contributed by atoms with E-state index in [4.69, 9.17) is 4.99 Å². The number of aliphatic imine (C=N–C) groups is 1. The molecule has 2 aliphatic rings. The van der Waals surface area contributed by atoms with Crippen LogP contribution >= 0.6 is 0 Å². The summed E-state index contributed by atoms with van der Waals surface area (Å²) in [5, 5.41) is 14.2. The van der Waals surface area contributed by atoms with Crippen LogP contribution in [-0.4, -0.2) is 44.5 Å².